The molecule has 0 radical (unpaired) electrons. The molecule has 0 unspecified atom stereocenters. The molecule has 27 heavy (non-hydrogen) atoms. The molecule has 1 amide bonds. The number of imidazole rings is 1. The van der Waals surface area contributed by atoms with Crippen LogP contribution in [0.4, 0.5) is 0 Å². The van der Waals surface area contributed by atoms with E-state index in [4.69, 9.17) is 0 Å². The number of amides is 1. The van der Waals surface area contributed by atoms with Crippen molar-refractivity contribution in [3.8, 4) is 0 Å². The summed E-state index contributed by atoms with van der Waals surface area (Å²) >= 11 is 0. The molecule has 0 bridgehead atoms. The zero-order chi connectivity index (χ0) is 19.1. The van der Waals surface area contributed by atoms with Crippen molar-refractivity contribution in [1.82, 2.24) is 24.6 Å². The number of hydrogen-bond donors (Lipinski definition) is 1. The van der Waals surface area contributed by atoms with Gasteiger partial charge in [-0.15, -0.1) is 0 Å². The Morgan fingerprint density at radius 2 is 1.89 bits per heavy atom. The number of carbonyl (C=O) groups is 1. The minimum Gasteiger partial charge on any atom is -0.347 e. The Kier molecular flexibility index (Phi) is 6.14. The monoisotopic (exact) mass is 365 g/mol. The molecular weight excluding hydrogens is 342 g/mol. The molecule has 0 fully saturated rings. The second-order valence-corrected chi connectivity index (χ2v) is 6.37. The standard InChI is InChI=1S/C20H23N5O2/c1-2-3-11-25-19(26)9-8-18(23-25)20(27)22-13-16-4-6-17(7-5-16)14-24-12-10-21-15-24/h4-10,12,15H,2-3,11,13-14H2,1H3,(H,22,27). The van der Waals surface area contributed by atoms with Crippen molar-refractivity contribution < 1.29 is 4.79 Å². The molecule has 0 atom stereocenters. The smallest absolute Gasteiger partial charge is 0.271 e. The van der Waals surface area contributed by atoms with Crippen molar-refractivity contribution in [1.29, 1.82) is 0 Å². The van der Waals surface area contributed by atoms with Gasteiger partial charge in [-0.1, -0.05) is 37.6 Å². The molecule has 0 aliphatic heterocycles. The van der Waals surface area contributed by atoms with Gasteiger partial charge in [-0.25, -0.2) is 9.67 Å². The normalized spacial score (nSPS) is 10.7. The summed E-state index contributed by atoms with van der Waals surface area (Å²) in [6.45, 7) is 3.73. The maximum atomic E-state index is 12.3. The zero-order valence-electron chi connectivity index (χ0n) is 15.3. The van der Waals surface area contributed by atoms with Gasteiger partial charge in [0.2, 0.25) is 0 Å². The van der Waals surface area contributed by atoms with E-state index in [9.17, 15) is 9.59 Å². The first-order chi connectivity index (χ1) is 13.2. The van der Waals surface area contributed by atoms with Crippen LogP contribution in [0.3, 0.4) is 0 Å². The van der Waals surface area contributed by atoms with E-state index >= 15 is 0 Å². The largest absolute Gasteiger partial charge is 0.347 e. The van der Waals surface area contributed by atoms with E-state index in [1.54, 1.807) is 12.5 Å². The minimum absolute atomic E-state index is 0.187. The lowest BCUT2D eigenvalue weighted by atomic mass is 10.1. The first-order valence-electron chi connectivity index (χ1n) is 9.05. The molecule has 7 nitrogen and oxygen atoms in total. The summed E-state index contributed by atoms with van der Waals surface area (Å²) in [7, 11) is 0. The first kappa shape index (κ1) is 18.6. The second-order valence-electron chi connectivity index (χ2n) is 6.37. The number of nitrogens with zero attached hydrogens (tertiary/aromatic N) is 4. The number of benzene rings is 1. The van der Waals surface area contributed by atoms with Gasteiger partial charge >= 0.3 is 0 Å². The number of hydrogen-bond acceptors (Lipinski definition) is 4. The molecule has 1 N–H and O–H groups in total. The molecule has 0 aliphatic rings. The molecule has 0 aliphatic carbocycles. The molecule has 3 aromatic rings. The summed E-state index contributed by atoms with van der Waals surface area (Å²) in [4.78, 5) is 28.2. The van der Waals surface area contributed by atoms with Crippen LogP contribution in [0.2, 0.25) is 0 Å². The fourth-order valence-electron chi connectivity index (χ4n) is 2.66. The van der Waals surface area contributed by atoms with Crippen molar-refractivity contribution in [3.63, 3.8) is 0 Å². The van der Waals surface area contributed by atoms with Crippen molar-refractivity contribution in [3.05, 3.63) is 82.3 Å². The van der Waals surface area contributed by atoms with E-state index in [1.807, 2.05) is 42.0 Å². The Morgan fingerprint density at radius 3 is 2.59 bits per heavy atom. The van der Waals surface area contributed by atoms with Crippen LogP contribution in [0.25, 0.3) is 0 Å². The SMILES string of the molecule is CCCCn1nc(C(=O)NCc2ccc(Cn3ccnc3)cc2)ccc1=O. The van der Waals surface area contributed by atoms with Gasteiger partial charge < -0.3 is 9.88 Å². The predicted octanol–water partition coefficient (Wildman–Crippen LogP) is 2.22. The third kappa shape index (κ3) is 5.13. The van der Waals surface area contributed by atoms with E-state index in [0.29, 0.717) is 13.1 Å². The summed E-state index contributed by atoms with van der Waals surface area (Å²) in [5.41, 5.74) is 2.22. The number of nitrogens with one attached hydrogen (secondary N) is 1. The summed E-state index contributed by atoms with van der Waals surface area (Å²) < 4.78 is 3.35. The van der Waals surface area contributed by atoms with E-state index in [0.717, 1.165) is 30.5 Å². The fraction of sp³-hybridized carbons (Fsp3) is 0.300. The Bertz CT molecular complexity index is 930. The third-order valence-electron chi connectivity index (χ3n) is 4.22. The zero-order valence-corrected chi connectivity index (χ0v) is 15.3. The summed E-state index contributed by atoms with van der Waals surface area (Å²) in [6, 6.07) is 10.9. The van der Waals surface area contributed by atoms with Gasteiger partial charge in [0.25, 0.3) is 11.5 Å². The molecule has 2 aromatic heterocycles. The molecule has 3 rings (SSSR count). The molecule has 1 aromatic carbocycles. The van der Waals surface area contributed by atoms with E-state index in [1.165, 1.54) is 16.8 Å². The molecule has 140 valence electrons. The van der Waals surface area contributed by atoms with Gasteiger partial charge in [0, 0.05) is 38.1 Å². The van der Waals surface area contributed by atoms with E-state index in [-0.39, 0.29) is 17.2 Å². The summed E-state index contributed by atoms with van der Waals surface area (Å²) in [6.07, 6.45) is 7.26. The van der Waals surface area contributed by atoms with Gasteiger partial charge in [0.1, 0.15) is 5.69 Å². The van der Waals surface area contributed by atoms with Gasteiger partial charge in [-0.05, 0) is 23.6 Å². The molecule has 7 heteroatoms. The van der Waals surface area contributed by atoms with E-state index < -0.39 is 0 Å². The van der Waals surface area contributed by atoms with Crippen LogP contribution in [0.15, 0.2) is 59.9 Å². The number of aromatic nitrogens is 4. The Hall–Kier alpha value is -3.22. The maximum Gasteiger partial charge on any atom is 0.271 e. The average Bonchev–Trinajstić information content (AvgIpc) is 3.19. The van der Waals surface area contributed by atoms with Crippen LogP contribution >= 0.6 is 0 Å². The van der Waals surface area contributed by atoms with Crippen molar-refractivity contribution in [2.75, 3.05) is 0 Å². The van der Waals surface area contributed by atoms with Gasteiger partial charge in [0.05, 0.1) is 6.33 Å². The highest BCUT2D eigenvalue weighted by molar-refractivity contribution is 5.91. The van der Waals surface area contributed by atoms with Crippen LogP contribution < -0.4 is 10.9 Å². The first-order valence-corrected chi connectivity index (χ1v) is 9.05. The number of unbranched alkanes of at least 4 members (excludes halogenated alkanes) is 1. The second kappa shape index (κ2) is 8.93. The lowest BCUT2D eigenvalue weighted by Gasteiger charge is -2.08. The Morgan fingerprint density at radius 1 is 1.11 bits per heavy atom. The molecule has 2 heterocycles. The summed E-state index contributed by atoms with van der Waals surface area (Å²) in [5, 5.41) is 7.01. The predicted molar refractivity (Wildman–Crippen MR) is 102 cm³/mol. The van der Waals surface area contributed by atoms with Crippen LogP contribution in [0, 0.1) is 0 Å². The van der Waals surface area contributed by atoms with Gasteiger partial charge in [-0.3, -0.25) is 9.59 Å². The Labute approximate surface area is 157 Å². The molecule has 0 spiro atoms. The highest BCUT2D eigenvalue weighted by Crippen LogP contribution is 2.07. The maximum absolute atomic E-state index is 12.3. The average molecular weight is 365 g/mol. The van der Waals surface area contributed by atoms with E-state index in [2.05, 4.69) is 15.4 Å². The third-order valence-corrected chi connectivity index (χ3v) is 4.22. The fourth-order valence-corrected chi connectivity index (χ4v) is 2.66. The molecular formula is C20H23N5O2. The number of carbonyl (C=O) groups excluding carboxylic acids is 1. The number of aryl methyl sites for hydroxylation is 1. The van der Waals surface area contributed by atoms with Gasteiger partial charge in [0.15, 0.2) is 0 Å². The lowest BCUT2D eigenvalue weighted by Crippen LogP contribution is -2.29. The highest BCUT2D eigenvalue weighted by atomic mass is 16.2. The van der Waals surface area contributed by atoms with Gasteiger partial charge in [-0.2, -0.15) is 5.10 Å². The van der Waals surface area contributed by atoms with Crippen LogP contribution in [0.1, 0.15) is 41.4 Å². The van der Waals surface area contributed by atoms with Crippen LogP contribution in [0.5, 0.6) is 0 Å². The Balaban J connectivity index is 1.58. The van der Waals surface area contributed by atoms with Crippen LogP contribution in [-0.4, -0.2) is 25.2 Å². The quantitative estimate of drug-likeness (QED) is 0.664. The van der Waals surface area contributed by atoms with Crippen molar-refractivity contribution in [2.45, 2.75) is 39.4 Å². The summed E-state index contributed by atoms with van der Waals surface area (Å²) in [5.74, 6) is -0.289. The highest BCUT2D eigenvalue weighted by Gasteiger charge is 2.09. The van der Waals surface area contributed by atoms with Crippen LogP contribution in [-0.2, 0) is 19.6 Å². The van der Waals surface area contributed by atoms with Crippen molar-refractivity contribution in [2.24, 2.45) is 0 Å². The van der Waals surface area contributed by atoms with Crippen molar-refractivity contribution >= 4 is 5.91 Å². The number of rotatable bonds is 8. The topological polar surface area (TPSA) is 81.8 Å². The minimum atomic E-state index is -0.289. The lowest BCUT2D eigenvalue weighted by molar-refractivity contribution is 0.0943. The molecule has 0 saturated carbocycles. The molecule has 0 saturated heterocycles.